The molecule has 0 saturated heterocycles. The fourth-order valence-electron chi connectivity index (χ4n) is 1.90. The zero-order valence-corrected chi connectivity index (χ0v) is 13.3. The fraction of sp³-hybridized carbons (Fsp3) is 0.786. The molecule has 0 aliphatic carbocycles. The van der Waals surface area contributed by atoms with Gasteiger partial charge in [-0.25, -0.2) is 0 Å². The van der Waals surface area contributed by atoms with E-state index < -0.39 is 13.9 Å². The molecule has 0 fully saturated rings. The number of rotatable bonds is 8. The SMILES string of the molecule is C=CC(C)(C)[C@@](C=O)(CCCC)O[Si](C)(C)C. The molecule has 0 aromatic heterocycles. The second kappa shape index (κ2) is 5.96. The number of carbonyl (C=O) groups excluding carboxylic acids is 1. The Balaban J connectivity index is 5.29. The highest BCUT2D eigenvalue weighted by Crippen LogP contribution is 2.40. The number of unbranched alkanes of at least 4 members (excludes halogenated alkanes) is 1. The number of hydrogen-bond donors (Lipinski definition) is 0. The van der Waals surface area contributed by atoms with E-state index in [2.05, 4.69) is 33.1 Å². The smallest absolute Gasteiger partial charge is 0.185 e. The van der Waals surface area contributed by atoms with Crippen molar-refractivity contribution in [3.63, 3.8) is 0 Å². The van der Waals surface area contributed by atoms with Crippen LogP contribution in [-0.2, 0) is 9.22 Å². The van der Waals surface area contributed by atoms with Crippen molar-refractivity contribution in [2.75, 3.05) is 0 Å². The minimum absolute atomic E-state index is 0.329. The summed E-state index contributed by atoms with van der Waals surface area (Å²) < 4.78 is 6.23. The van der Waals surface area contributed by atoms with Crippen LogP contribution in [0.15, 0.2) is 12.7 Å². The molecule has 0 aromatic carbocycles. The second-order valence-corrected chi connectivity index (χ2v) is 10.7. The van der Waals surface area contributed by atoms with Gasteiger partial charge in [0.2, 0.25) is 0 Å². The summed E-state index contributed by atoms with van der Waals surface area (Å²) >= 11 is 0. The van der Waals surface area contributed by atoms with E-state index in [4.69, 9.17) is 4.43 Å². The van der Waals surface area contributed by atoms with Gasteiger partial charge in [0.1, 0.15) is 5.60 Å². The fourth-order valence-corrected chi connectivity index (χ4v) is 3.40. The van der Waals surface area contributed by atoms with Gasteiger partial charge in [-0.1, -0.05) is 39.7 Å². The lowest BCUT2D eigenvalue weighted by atomic mass is 9.73. The molecule has 0 bridgehead atoms. The van der Waals surface area contributed by atoms with Crippen LogP contribution in [0.1, 0.15) is 40.0 Å². The van der Waals surface area contributed by atoms with Crippen molar-refractivity contribution in [2.24, 2.45) is 5.41 Å². The molecule has 3 heteroatoms. The molecule has 0 heterocycles. The first-order valence-electron chi connectivity index (χ1n) is 6.44. The van der Waals surface area contributed by atoms with Crippen molar-refractivity contribution in [1.82, 2.24) is 0 Å². The van der Waals surface area contributed by atoms with E-state index in [0.29, 0.717) is 0 Å². The number of hydrogen-bond acceptors (Lipinski definition) is 2. The topological polar surface area (TPSA) is 26.3 Å². The highest BCUT2D eigenvalue weighted by molar-refractivity contribution is 6.70. The van der Waals surface area contributed by atoms with Crippen molar-refractivity contribution in [3.8, 4) is 0 Å². The van der Waals surface area contributed by atoms with Crippen molar-refractivity contribution in [3.05, 3.63) is 12.7 Å². The van der Waals surface area contributed by atoms with Crippen LogP contribution in [0.25, 0.3) is 0 Å². The zero-order chi connectivity index (χ0) is 13.7. The first-order chi connectivity index (χ1) is 7.64. The molecule has 0 saturated carbocycles. The van der Waals surface area contributed by atoms with E-state index in [1.165, 1.54) is 0 Å². The molecule has 17 heavy (non-hydrogen) atoms. The van der Waals surface area contributed by atoms with Crippen LogP contribution in [0, 0.1) is 5.41 Å². The molecule has 100 valence electrons. The van der Waals surface area contributed by atoms with Crippen molar-refractivity contribution >= 4 is 14.6 Å². The predicted molar refractivity (Wildman–Crippen MR) is 76.7 cm³/mol. The summed E-state index contributed by atoms with van der Waals surface area (Å²) in [6, 6.07) is 0. The van der Waals surface area contributed by atoms with Crippen molar-refractivity contribution in [2.45, 2.75) is 65.3 Å². The van der Waals surface area contributed by atoms with Crippen LogP contribution in [0.3, 0.4) is 0 Å². The third-order valence-electron chi connectivity index (χ3n) is 3.18. The maximum absolute atomic E-state index is 11.7. The third-order valence-corrected chi connectivity index (χ3v) is 4.16. The van der Waals surface area contributed by atoms with Gasteiger partial charge in [-0.3, -0.25) is 0 Å². The number of carbonyl (C=O) groups is 1. The van der Waals surface area contributed by atoms with Crippen LogP contribution in [0.5, 0.6) is 0 Å². The third kappa shape index (κ3) is 4.40. The van der Waals surface area contributed by atoms with E-state index in [9.17, 15) is 4.79 Å². The van der Waals surface area contributed by atoms with Gasteiger partial charge in [0.15, 0.2) is 14.6 Å². The maximum atomic E-state index is 11.7. The van der Waals surface area contributed by atoms with E-state index in [1.54, 1.807) is 0 Å². The summed E-state index contributed by atoms with van der Waals surface area (Å²) in [6.45, 7) is 16.4. The second-order valence-electron chi connectivity index (χ2n) is 6.25. The Labute approximate surface area is 108 Å². The van der Waals surface area contributed by atoms with Crippen LogP contribution < -0.4 is 0 Å². The van der Waals surface area contributed by atoms with Gasteiger partial charge >= 0.3 is 0 Å². The molecule has 0 aliphatic rings. The molecule has 2 nitrogen and oxygen atoms in total. The summed E-state index contributed by atoms with van der Waals surface area (Å²) in [5.41, 5.74) is -1.04. The van der Waals surface area contributed by atoms with Gasteiger partial charge in [0, 0.05) is 5.41 Å². The van der Waals surface area contributed by atoms with E-state index in [1.807, 2.05) is 19.9 Å². The van der Waals surface area contributed by atoms with Gasteiger partial charge in [-0.15, -0.1) is 6.58 Å². The largest absolute Gasteiger partial charge is 0.405 e. The summed E-state index contributed by atoms with van der Waals surface area (Å²) in [5.74, 6) is 0. The number of aldehydes is 1. The lowest BCUT2D eigenvalue weighted by Gasteiger charge is -2.45. The molecule has 0 aromatic rings. The van der Waals surface area contributed by atoms with Gasteiger partial charge in [-0.05, 0) is 26.1 Å². The quantitative estimate of drug-likeness (QED) is 0.370. The average molecular weight is 256 g/mol. The molecule has 0 amide bonds. The molecule has 0 spiro atoms. The minimum Gasteiger partial charge on any atom is -0.405 e. The van der Waals surface area contributed by atoms with Crippen LogP contribution in [-0.4, -0.2) is 20.2 Å². The Kier molecular flexibility index (Phi) is 5.82. The van der Waals surface area contributed by atoms with Crippen molar-refractivity contribution in [1.29, 1.82) is 0 Å². The van der Waals surface area contributed by atoms with Crippen LogP contribution in [0.2, 0.25) is 19.6 Å². The molecule has 1 atom stereocenters. The predicted octanol–water partition coefficient (Wildman–Crippen LogP) is 4.18. The highest BCUT2D eigenvalue weighted by Gasteiger charge is 2.46. The summed E-state index contributed by atoms with van der Waals surface area (Å²) in [4.78, 5) is 11.7. The zero-order valence-electron chi connectivity index (χ0n) is 12.3. The minimum atomic E-state index is -1.77. The summed E-state index contributed by atoms with van der Waals surface area (Å²) in [7, 11) is -1.77. The lowest BCUT2D eigenvalue weighted by Crippen LogP contribution is -2.53. The van der Waals surface area contributed by atoms with Crippen molar-refractivity contribution < 1.29 is 9.22 Å². The summed E-state index contributed by atoms with van der Waals surface area (Å²) in [5, 5.41) is 0. The molecule has 0 radical (unpaired) electrons. The first-order valence-corrected chi connectivity index (χ1v) is 9.85. The Hall–Kier alpha value is -0.413. The Bertz CT molecular complexity index is 266. The van der Waals surface area contributed by atoms with E-state index >= 15 is 0 Å². The van der Waals surface area contributed by atoms with Crippen LogP contribution in [0.4, 0.5) is 0 Å². The molecular weight excluding hydrogens is 228 g/mol. The molecule has 0 N–H and O–H groups in total. The molecule has 0 aliphatic heterocycles. The van der Waals surface area contributed by atoms with E-state index in [-0.39, 0.29) is 5.41 Å². The Morgan fingerprint density at radius 1 is 1.29 bits per heavy atom. The van der Waals surface area contributed by atoms with E-state index in [0.717, 1.165) is 25.5 Å². The van der Waals surface area contributed by atoms with Gasteiger partial charge < -0.3 is 9.22 Å². The molecule has 0 rings (SSSR count). The highest BCUT2D eigenvalue weighted by atomic mass is 28.4. The molecular formula is C14H28O2Si. The van der Waals surface area contributed by atoms with Crippen LogP contribution >= 0.6 is 0 Å². The maximum Gasteiger partial charge on any atom is 0.185 e. The van der Waals surface area contributed by atoms with Gasteiger partial charge in [0.25, 0.3) is 0 Å². The Morgan fingerprint density at radius 3 is 2.12 bits per heavy atom. The summed E-state index contributed by atoms with van der Waals surface area (Å²) in [6.07, 6.45) is 5.69. The molecule has 0 unspecified atom stereocenters. The monoisotopic (exact) mass is 256 g/mol. The normalized spacial score (nSPS) is 16.4. The first kappa shape index (κ1) is 16.6. The average Bonchev–Trinajstić information content (AvgIpc) is 2.22. The Morgan fingerprint density at radius 2 is 1.82 bits per heavy atom. The standard InChI is InChI=1S/C14H28O2Si/c1-8-10-11-14(12-15,13(3,4)9-2)16-17(5,6)7/h9,12H,2,8,10-11H2,1,3-7H3/t14-/m0/s1. The van der Waals surface area contributed by atoms with Gasteiger partial charge in [-0.2, -0.15) is 0 Å². The lowest BCUT2D eigenvalue weighted by molar-refractivity contribution is -0.131. The van der Waals surface area contributed by atoms with Gasteiger partial charge in [0.05, 0.1) is 0 Å².